The number of furan rings is 1. The predicted molar refractivity (Wildman–Crippen MR) is 81.9 cm³/mol. The van der Waals surface area contributed by atoms with E-state index >= 15 is 0 Å². The van der Waals surface area contributed by atoms with Crippen molar-refractivity contribution in [3.63, 3.8) is 0 Å². The monoisotopic (exact) mass is 305 g/mol. The predicted octanol–water partition coefficient (Wildman–Crippen LogP) is 3.32. The number of ether oxygens (including phenoxy) is 1. The summed E-state index contributed by atoms with van der Waals surface area (Å²) in [5, 5.41) is 3.44. The SMILES string of the molecule is CCNC(c1ccc(C(=O)OC)o1)c1cc2c(s1)CCC2. The lowest BCUT2D eigenvalue weighted by molar-refractivity contribution is 0.0562. The van der Waals surface area contributed by atoms with Gasteiger partial charge in [0.1, 0.15) is 11.8 Å². The highest BCUT2D eigenvalue weighted by molar-refractivity contribution is 7.12. The van der Waals surface area contributed by atoms with Crippen LogP contribution in [0.5, 0.6) is 0 Å². The van der Waals surface area contributed by atoms with Crippen molar-refractivity contribution in [2.24, 2.45) is 0 Å². The lowest BCUT2D eigenvalue weighted by Gasteiger charge is -2.13. The Labute approximate surface area is 128 Å². The molecule has 0 fully saturated rings. The lowest BCUT2D eigenvalue weighted by Crippen LogP contribution is -2.20. The first-order valence-electron chi connectivity index (χ1n) is 7.25. The van der Waals surface area contributed by atoms with Crippen LogP contribution in [0.3, 0.4) is 0 Å². The zero-order chi connectivity index (χ0) is 14.8. The average Bonchev–Trinajstić information content (AvgIpc) is 3.18. The number of carbonyl (C=O) groups is 1. The molecule has 1 aliphatic carbocycles. The lowest BCUT2D eigenvalue weighted by atomic mass is 10.1. The third kappa shape index (κ3) is 2.76. The van der Waals surface area contributed by atoms with Gasteiger partial charge >= 0.3 is 5.97 Å². The highest BCUT2D eigenvalue weighted by atomic mass is 32.1. The summed E-state index contributed by atoms with van der Waals surface area (Å²) in [4.78, 5) is 14.3. The minimum atomic E-state index is -0.440. The van der Waals surface area contributed by atoms with Crippen molar-refractivity contribution in [2.45, 2.75) is 32.2 Å². The highest BCUT2D eigenvalue weighted by Gasteiger charge is 2.24. The minimum absolute atomic E-state index is 0.00371. The van der Waals surface area contributed by atoms with Crippen LogP contribution in [0.2, 0.25) is 0 Å². The van der Waals surface area contributed by atoms with Gasteiger partial charge in [0.2, 0.25) is 5.76 Å². The molecule has 1 unspecified atom stereocenters. The zero-order valence-corrected chi connectivity index (χ0v) is 13.1. The van der Waals surface area contributed by atoms with E-state index < -0.39 is 5.97 Å². The molecule has 2 aromatic heterocycles. The molecule has 0 radical (unpaired) electrons. The summed E-state index contributed by atoms with van der Waals surface area (Å²) in [7, 11) is 1.36. The highest BCUT2D eigenvalue weighted by Crippen LogP contribution is 2.36. The van der Waals surface area contributed by atoms with Gasteiger partial charge in [-0.3, -0.25) is 0 Å². The molecule has 0 saturated carbocycles. The summed E-state index contributed by atoms with van der Waals surface area (Å²) in [5.41, 5.74) is 1.47. The number of nitrogens with one attached hydrogen (secondary N) is 1. The molecular formula is C16H19NO3S. The van der Waals surface area contributed by atoms with Gasteiger partial charge < -0.3 is 14.5 Å². The fourth-order valence-electron chi connectivity index (χ4n) is 2.76. The second-order valence-corrected chi connectivity index (χ2v) is 6.30. The van der Waals surface area contributed by atoms with Crippen LogP contribution < -0.4 is 5.32 Å². The number of thiophene rings is 1. The van der Waals surface area contributed by atoms with E-state index in [1.807, 2.05) is 17.4 Å². The summed E-state index contributed by atoms with van der Waals surface area (Å²) in [5.74, 6) is 0.571. The molecule has 0 bridgehead atoms. The van der Waals surface area contributed by atoms with E-state index in [-0.39, 0.29) is 11.8 Å². The van der Waals surface area contributed by atoms with Crippen LogP contribution in [-0.4, -0.2) is 19.6 Å². The number of hydrogen-bond acceptors (Lipinski definition) is 5. The molecule has 0 aliphatic heterocycles. The third-order valence-electron chi connectivity index (χ3n) is 3.76. The largest absolute Gasteiger partial charge is 0.463 e. The maximum Gasteiger partial charge on any atom is 0.373 e. The van der Waals surface area contributed by atoms with Gasteiger partial charge in [-0.1, -0.05) is 6.92 Å². The summed E-state index contributed by atoms with van der Waals surface area (Å²) in [6.45, 7) is 2.90. The molecule has 0 amide bonds. The molecule has 2 aromatic rings. The Kier molecular flexibility index (Phi) is 4.12. The molecule has 3 rings (SSSR count). The number of aryl methyl sites for hydroxylation is 2. The number of rotatable bonds is 5. The standard InChI is InChI=1S/C16H19NO3S/c1-3-17-15(11-7-8-12(20-11)16(18)19-2)14-9-10-5-4-6-13(10)21-14/h7-9,15,17H,3-6H2,1-2H3. The van der Waals surface area contributed by atoms with Crippen LogP contribution in [0.25, 0.3) is 0 Å². The number of methoxy groups -OCH3 is 1. The Morgan fingerprint density at radius 3 is 3.05 bits per heavy atom. The number of hydrogen-bond donors (Lipinski definition) is 1. The smallest absolute Gasteiger partial charge is 0.373 e. The van der Waals surface area contributed by atoms with E-state index in [2.05, 4.69) is 18.3 Å². The van der Waals surface area contributed by atoms with Gasteiger partial charge in [-0.25, -0.2) is 4.79 Å². The average molecular weight is 305 g/mol. The molecule has 1 N–H and O–H groups in total. The van der Waals surface area contributed by atoms with Crippen LogP contribution in [0.15, 0.2) is 22.6 Å². The van der Waals surface area contributed by atoms with Gasteiger partial charge in [-0.15, -0.1) is 11.3 Å². The van der Waals surface area contributed by atoms with Crippen molar-refractivity contribution < 1.29 is 13.9 Å². The Balaban J connectivity index is 1.89. The normalized spacial score (nSPS) is 15.0. The second kappa shape index (κ2) is 6.03. The topological polar surface area (TPSA) is 51.5 Å². The molecule has 1 aliphatic rings. The van der Waals surface area contributed by atoms with Crippen molar-refractivity contribution in [3.05, 3.63) is 45.0 Å². The Morgan fingerprint density at radius 1 is 1.48 bits per heavy atom. The van der Waals surface area contributed by atoms with Gasteiger partial charge in [-0.05, 0) is 49.6 Å². The van der Waals surface area contributed by atoms with Crippen molar-refractivity contribution in [1.29, 1.82) is 0 Å². The number of fused-ring (bicyclic) bond motifs is 1. The van der Waals surface area contributed by atoms with Crippen molar-refractivity contribution >= 4 is 17.3 Å². The Morgan fingerprint density at radius 2 is 2.33 bits per heavy atom. The first kappa shape index (κ1) is 14.4. The number of esters is 1. The molecule has 0 spiro atoms. The summed E-state index contributed by atoms with van der Waals surface area (Å²) in [6, 6.07) is 5.81. The first-order valence-corrected chi connectivity index (χ1v) is 8.07. The van der Waals surface area contributed by atoms with Crippen LogP contribution in [-0.2, 0) is 17.6 Å². The second-order valence-electron chi connectivity index (χ2n) is 5.14. The van der Waals surface area contributed by atoms with Crippen LogP contribution in [0.4, 0.5) is 0 Å². The summed E-state index contributed by atoms with van der Waals surface area (Å²) < 4.78 is 10.4. The van der Waals surface area contributed by atoms with Crippen molar-refractivity contribution in [2.75, 3.05) is 13.7 Å². The number of carbonyl (C=O) groups excluding carboxylic acids is 1. The van der Waals surface area contributed by atoms with Crippen molar-refractivity contribution in [3.8, 4) is 0 Å². The van der Waals surface area contributed by atoms with E-state index in [9.17, 15) is 4.79 Å². The van der Waals surface area contributed by atoms with Crippen LogP contribution in [0.1, 0.15) is 51.0 Å². The van der Waals surface area contributed by atoms with Crippen LogP contribution in [0, 0.1) is 0 Å². The fourth-order valence-corrected chi connectivity index (χ4v) is 4.10. The van der Waals surface area contributed by atoms with Crippen molar-refractivity contribution in [1.82, 2.24) is 5.32 Å². The summed E-state index contributed by atoms with van der Waals surface area (Å²) in [6.07, 6.45) is 3.63. The van der Waals surface area contributed by atoms with E-state index in [4.69, 9.17) is 9.15 Å². The van der Waals surface area contributed by atoms with Crippen LogP contribution >= 0.6 is 11.3 Å². The van der Waals surface area contributed by atoms with E-state index in [0.717, 1.165) is 12.3 Å². The van der Waals surface area contributed by atoms with E-state index in [1.54, 1.807) is 6.07 Å². The maximum absolute atomic E-state index is 11.5. The van der Waals surface area contributed by atoms with Gasteiger partial charge in [0.05, 0.1) is 7.11 Å². The van der Waals surface area contributed by atoms with Gasteiger partial charge in [0.25, 0.3) is 0 Å². The molecule has 0 aromatic carbocycles. The zero-order valence-electron chi connectivity index (χ0n) is 12.3. The van der Waals surface area contributed by atoms with Gasteiger partial charge in [0, 0.05) is 9.75 Å². The maximum atomic E-state index is 11.5. The molecule has 112 valence electrons. The van der Waals surface area contributed by atoms with E-state index in [1.165, 1.54) is 41.7 Å². The van der Waals surface area contributed by atoms with E-state index in [0.29, 0.717) is 0 Å². The fraction of sp³-hybridized carbons (Fsp3) is 0.438. The molecule has 2 heterocycles. The molecule has 1 atom stereocenters. The Bertz CT molecular complexity index is 622. The third-order valence-corrected chi connectivity index (χ3v) is 5.06. The van der Waals surface area contributed by atoms with Gasteiger partial charge in [-0.2, -0.15) is 0 Å². The quantitative estimate of drug-likeness (QED) is 0.861. The summed E-state index contributed by atoms with van der Waals surface area (Å²) >= 11 is 1.85. The Hall–Kier alpha value is -1.59. The first-order chi connectivity index (χ1) is 10.2. The molecule has 21 heavy (non-hydrogen) atoms. The molecule has 5 heteroatoms. The molecular weight excluding hydrogens is 286 g/mol. The molecule has 0 saturated heterocycles. The minimum Gasteiger partial charge on any atom is -0.463 e. The van der Waals surface area contributed by atoms with Gasteiger partial charge in [0.15, 0.2) is 0 Å². The molecule has 4 nitrogen and oxygen atoms in total.